The molecule has 0 unspecified atom stereocenters. The van der Waals surface area contributed by atoms with Crippen LogP contribution in [0.15, 0.2) is 48.5 Å². The fourth-order valence-corrected chi connectivity index (χ4v) is 2.73. The van der Waals surface area contributed by atoms with Crippen molar-refractivity contribution in [2.75, 3.05) is 11.9 Å². The first-order valence-corrected chi connectivity index (χ1v) is 8.88. The van der Waals surface area contributed by atoms with E-state index in [2.05, 4.69) is 16.0 Å². The first-order valence-electron chi connectivity index (χ1n) is 8.50. The van der Waals surface area contributed by atoms with Crippen molar-refractivity contribution in [2.45, 2.75) is 26.3 Å². The molecule has 3 amide bonds. The van der Waals surface area contributed by atoms with E-state index in [-0.39, 0.29) is 30.7 Å². The highest BCUT2D eigenvalue weighted by molar-refractivity contribution is 6.31. The number of hydrogen-bond acceptors (Lipinski definition) is 3. The Morgan fingerprint density at radius 1 is 1.00 bits per heavy atom. The number of carbonyl (C=O) groups is 3. The van der Waals surface area contributed by atoms with Crippen molar-refractivity contribution < 1.29 is 14.4 Å². The third-order valence-electron chi connectivity index (χ3n) is 3.96. The lowest BCUT2D eigenvalue weighted by molar-refractivity contribution is -0.125. The minimum absolute atomic E-state index is 0.0348. The van der Waals surface area contributed by atoms with Gasteiger partial charge in [-0.25, -0.2) is 0 Å². The summed E-state index contributed by atoms with van der Waals surface area (Å²) in [6, 6.07) is 14.0. The second-order valence-corrected chi connectivity index (χ2v) is 6.51. The maximum absolute atomic E-state index is 12.2. The number of nitrogens with one attached hydrogen (secondary N) is 3. The van der Waals surface area contributed by atoms with E-state index in [1.807, 2.05) is 30.3 Å². The van der Waals surface area contributed by atoms with Crippen LogP contribution in [-0.4, -0.2) is 24.3 Å². The smallest absolute Gasteiger partial charge is 0.243 e. The van der Waals surface area contributed by atoms with Gasteiger partial charge < -0.3 is 16.0 Å². The van der Waals surface area contributed by atoms with E-state index in [1.54, 1.807) is 25.1 Å². The minimum atomic E-state index is -0.457. The molecule has 2 rings (SSSR count). The molecule has 2 aromatic rings. The van der Waals surface area contributed by atoms with E-state index >= 15 is 0 Å². The number of carbonyl (C=O) groups excluding carboxylic acids is 3. The molecule has 0 saturated carbocycles. The van der Waals surface area contributed by atoms with Crippen LogP contribution < -0.4 is 16.0 Å². The van der Waals surface area contributed by atoms with Crippen LogP contribution in [0.2, 0.25) is 5.02 Å². The third-order valence-corrected chi connectivity index (χ3v) is 4.37. The van der Waals surface area contributed by atoms with Crippen molar-refractivity contribution in [1.29, 1.82) is 0 Å². The summed E-state index contributed by atoms with van der Waals surface area (Å²) >= 11 is 6.03. The second kappa shape index (κ2) is 9.73. The molecule has 1 atom stereocenters. The average Bonchev–Trinajstić information content (AvgIpc) is 2.64. The van der Waals surface area contributed by atoms with E-state index in [4.69, 9.17) is 11.6 Å². The Bertz CT molecular complexity index is 824. The molecule has 0 fully saturated rings. The molecule has 142 valence electrons. The third kappa shape index (κ3) is 6.42. The molecule has 7 heteroatoms. The van der Waals surface area contributed by atoms with Crippen molar-refractivity contribution in [3.05, 3.63) is 64.7 Å². The Morgan fingerprint density at radius 3 is 2.37 bits per heavy atom. The highest BCUT2D eigenvalue weighted by Gasteiger charge is 2.17. The van der Waals surface area contributed by atoms with Crippen LogP contribution in [0.3, 0.4) is 0 Å². The van der Waals surface area contributed by atoms with E-state index in [0.717, 1.165) is 11.1 Å². The minimum Gasteiger partial charge on any atom is -0.349 e. The Hall–Kier alpha value is -2.86. The van der Waals surface area contributed by atoms with Gasteiger partial charge >= 0.3 is 0 Å². The zero-order valence-electron chi connectivity index (χ0n) is 15.2. The standard InChI is InChI=1S/C20H22ClN3O3/c1-13-16(21)9-6-10-17(13)24-20(27)12-22-19(26)11-18(23-14(2)25)15-7-4-3-5-8-15/h3-10,18H,11-12H2,1-2H3,(H,22,26)(H,23,25)(H,24,27)/t18-/m1/s1. The molecule has 0 spiro atoms. The highest BCUT2D eigenvalue weighted by Crippen LogP contribution is 2.22. The van der Waals surface area contributed by atoms with Crippen LogP contribution in [0.25, 0.3) is 0 Å². The second-order valence-electron chi connectivity index (χ2n) is 6.11. The monoisotopic (exact) mass is 387 g/mol. The van der Waals surface area contributed by atoms with Crippen molar-refractivity contribution in [2.24, 2.45) is 0 Å². The zero-order chi connectivity index (χ0) is 19.8. The molecule has 0 bridgehead atoms. The van der Waals surface area contributed by atoms with E-state index in [9.17, 15) is 14.4 Å². The topological polar surface area (TPSA) is 87.3 Å². The number of rotatable bonds is 7. The van der Waals surface area contributed by atoms with Crippen LogP contribution >= 0.6 is 11.6 Å². The molecular weight excluding hydrogens is 366 g/mol. The van der Waals surface area contributed by atoms with Crippen molar-refractivity contribution >= 4 is 35.0 Å². The number of benzene rings is 2. The summed E-state index contributed by atoms with van der Waals surface area (Å²) in [5.41, 5.74) is 2.18. The molecular formula is C20H22ClN3O3. The normalized spacial score (nSPS) is 11.4. The molecule has 3 N–H and O–H groups in total. The molecule has 0 saturated heterocycles. The maximum Gasteiger partial charge on any atom is 0.243 e. The molecule has 0 aliphatic rings. The van der Waals surface area contributed by atoms with Crippen LogP contribution in [0.4, 0.5) is 5.69 Å². The average molecular weight is 388 g/mol. The lowest BCUT2D eigenvalue weighted by Gasteiger charge is -2.18. The summed E-state index contributed by atoms with van der Waals surface area (Å²) < 4.78 is 0. The summed E-state index contributed by atoms with van der Waals surface area (Å²) in [5.74, 6) is -0.925. The molecule has 0 aliphatic heterocycles. The Labute approximate surface area is 163 Å². The lowest BCUT2D eigenvalue weighted by Crippen LogP contribution is -2.36. The van der Waals surface area contributed by atoms with Crippen LogP contribution in [-0.2, 0) is 14.4 Å². The zero-order valence-corrected chi connectivity index (χ0v) is 16.0. The van der Waals surface area contributed by atoms with E-state index in [1.165, 1.54) is 6.92 Å². The van der Waals surface area contributed by atoms with Gasteiger partial charge in [-0.05, 0) is 30.2 Å². The van der Waals surface area contributed by atoms with Gasteiger partial charge in [0.2, 0.25) is 17.7 Å². The van der Waals surface area contributed by atoms with E-state index < -0.39 is 6.04 Å². The van der Waals surface area contributed by atoms with Crippen LogP contribution in [0.1, 0.15) is 30.5 Å². The van der Waals surface area contributed by atoms with Gasteiger partial charge in [0.05, 0.1) is 19.0 Å². The quantitative estimate of drug-likeness (QED) is 0.682. The van der Waals surface area contributed by atoms with Gasteiger partial charge in [-0.1, -0.05) is 48.0 Å². The van der Waals surface area contributed by atoms with Gasteiger partial charge in [0, 0.05) is 17.6 Å². The predicted molar refractivity (Wildman–Crippen MR) is 105 cm³/mol. The summed E-state index contributed by atoms with van der Waals surface area (Å²) in [5, 5.41) is 8.60. The Morgan fingerprint density at radius 2 is 1.70 bits per heavy atom. The molecule has 0 heterocycles. The van der Waals surface area contributed by atoms with Gasteiger partial charge in [-0.3, -0.25) is 14.4 Å². The summed E-state index contributed by atoms with van der Waals surface area (Å²) in [4.78, 5) is 35.7. The van der Waals surface area contributed by atoms with E-state index in [0.29, 0.717) is 10.7 Å². The van der Waals surface area contributed by atoms with Gasteiger partial charge in [-0.2, -0.15) is 0 Å². The van der Waals surface area contributed by atoms with Crippen molar-refractivity contribution in [3.8, 4) is 0 Å². The molecule has 0 radical (unpaired) electrons. The Balaban J connectivity index is 1.90. The largest absolute Gasteiger partial charge is 0.349 e. The molecule has 0 aromatic heterocycles. The maximum atomic E-state index is 12.2. The molecule has 6 nitrogen and oxygen atoms in total. The van der Waals surface area contributed by atoms with Crippen molar-refractivity contribution in [1.82, 2.24) is 10.6 Å². The number of hydrogen-bond donors (Lipinski definition) is 3. The highest BCUT2D eigenvalue weighted by atomic mass is 35.5. The summed E-state index contributed by atoms with van der Waals surface area (Å²) in [6.07, 6.45) is 0.0348. The molecule has 2 aromatic carbocycles. The van der Waals surface area contributed by atoms with Crippen molar-refractivity contribution in [3.63, 3.8) is 0 Å². The summed E-state index contributed by atoms with van der Waals surface area (Å²) in [7, 11) is 0. The van der Waals surface area contributed by atoms with Crippen LogP contribution in [0, 0.1) is 6.92 Å². The van der Waals surface area contributed by atoms with Gasteiger partial charge in [0.25, 0.3) is 0 Å². The fourth-order valence-electron chi connectivity index (χ4n) is 2.56. The van der Waals surface area contributed by atoms with Crippen LogP contribution in [0.5, 0.6) is 0 Å². The van der Waals surface area contributed by atoms with Gasteiger partial charge in [0.1, 0.15) is 0 Å². The first kappa shape index (κ1) is 20.5. The number of anilines is 1. The SMILES string of the molecule is CC(=O)N[C@H](CC(=O)NCC(=O)Nc1cccc(Cl)c1C)c1ccccc1. The molecule has 27 heavy (non-hydrogen) atoms. The van der Waals surface area contributed by atoms with Gasteiger partial charge in [-0.15, -0.1) is 0 Å². The number of amides is 3. The Kier molecular flexibility index (Phi) is 7.37. The summed E-state index contributed by atoms with van der Waals surface area (Å²) in [6.45, 7) is 3.02. The fraction of sp³-hybridized carbons (Fsp3) is 0.250. The first-order chi connectivity index (χ1) is 12.9. The number of halogens is 1. The van der Waals surface area contributed by atoms with Gasteiger partial charge in [0.15, 0.2) is 0 Å². The predicted octanol–water partition coefficient (Wildman–Crippen LogP) is 2.97. The molecule has 0 aliphatic carbocycles. The lowest BCUT2D eigenvalue weighted by atomic mass is 10.0.